The first kappa shape index (κ1) is 15.6. The Kier molecular flexibility index (Phi) is 5.78. The Morgan fingerprint density at radius 1 is 1.33 bits per heavy atom. The van der Waals surface area contributed by atoms with Crippen LogP contribution in [0.25, 0.3) is 0 Å². The van der Waals surface area contributed by atoms with Crippen LogP contribution in [0.2, 0.25) is 0 Å². The molecule has 0 aromatic heterocycles. The normalized spacial score (nSPS) is 12.1. The lowest BCUT2D eigenvalue weighted by atomic mass is 10.2. The van der Waals surface area contributed by atoms with Crippen molar-refractivity contribution in [1.82, 2.24) is 4.31 Å². The van der Waals surface area contributed by atoms with Crippen molar-refractivity contribution >= 4 is 26.0 Å². The van der Waals surface area contributed by atoms with Crippen molar-refractivity contribution in [3.63, 3.8) is 0 Å². The van der Waals surface area contributed by atoms with Crippen molar-refractivity contribution in [2.75, 3.05) is 13.1 Å². The summed E-state index contributed by atoms with van der Waals surface area (Å²) in [6.45, 7) is 4.52. The zero-order valence-electron chi connectivity index (χ0n) is 10.6. The maximum atomic E-state index is 12.5. The molecule has 1 aromatic carbocycles. The minimum atomic E-state index is -3.50. The van der Waals surface area contributed by atoms with Crippen LogP contribution in [0.3, 0.4) is 0 Å². The van der Waals surface area contributed by atoms with Gasteiger partial charge in [0.2, 0.25) is 10.0 Å². The number of aliphatic hydroxyl groups excluding tert-OH is 1. The van der Waals surface area contributed by atoms with Gasteiger partial charge in [0.25, 0.3) is 0 Å². The van der Waals surface area contributed by atoms with E-state index < -0.39 is 10.0 Å². The average molecular weight is 336 g/mol. The number of benzene rings is 1. The second kappa shape index (κ2) is 6.65. The number of hydrogen-bond acceptors (Lipinski definition) is 3. The minimum absolute atomic E-state index is 0.171. The van der Waals surface area contributed by atoms with Gasteiger partial charge < -0.3 is 5.11 Å². The summed E-state index contributed by atoms with van der Waals surface area (Å²) in [6, 6.07) is 4.86. The monoisotopic (exact) mass is 335 g/mol. The van der Waals surface area contributed by atoms with Gasteiger partial charge in [0.1, 0.15) is 0 Å². The highest BCUT2D eigenvalue weighted by Crippen LogP contribution is 2.26. The molecule has 1 rings (SSSR count). The van der Waals surface area contributed by atoms with E-state index in [1.54, 1.807) is 12.1 Å². The molecule has 18 heavy (non-hydrogen) atoms. The lowest BCUT2D eigenvalue weighted by molar-refractivity contribution is 0.281. The van der Waals surface area contributed by atoms with Crippen molar-refractivity contribution in [2.24, 2.45) is 0 Å². The van der Waals surface area contributed by atoms with Crippen LogP contribution in [0.4, 0.5) is 0 Å². The van der Waals surface area contributed by atoms with Gasteiger partial charge in [-0.1, -0.05) is 19.9 Å². The molecule has 0 unspecified atom stereocenters. The van der Waals surface area contributed by atoms with E-state index in [1.807, 2.05) is 13.8 Å². The van der Waals surface area contributed by atoms with Crippen molar-refractivity contribution in [2.45, 2.75) is 31.8 Å². The number of nitrogens with zero attached hydrogens (tertiary/aromatic N) is 1. The summed E-state index contributed by atoms with van der Waals surface area (Å²) in [5.74, 6) is 0. The van der Waals surface area contributed by atoms with Gasteiger partial charge in [-0.05, 0) is 40.0 Å². The molecule has 0 fully saturated rings. The predicted molar refractivity (Wildman–Crippen MR) is 74.8 cm³/mol. The fourth-order valence-electron chi connectivity index (χ4n) is 1.68. The highest BCUT2D eigenvalue weighted by molar-refractivity contribution is 9.10. The SMILES string of the molecule is CCCN(CC)S(=O)(=O)c1cc(CO)ccc1Br. The predicted octanol–water partition coefficient (Wildman–Crippen LogP) is 2.36. The number of halogens is 1. The van der Waals surface area contributed by atoms with Gasteiger partial charge in [0.15, 0.2) is 0 Å². The van der Waals surface area contributed by atoms with Gasteiger partial charge in [-0.25, -0.2) is 8.42 Å². The van der Waals surface area contributed by atoms with E-state index in [2.05, 4.69) is 15.9 Å². The Hall–Kier alpha value is -0.430. The lowest BCUT2D eigenvalue weighted by Crippen LogP contribution is -2.31. The Balaban J connectivity index is 3.26. The topological polar surface area (TPSA) is 57.6 Å². The van der Waals surface area contributed by atoms with Crippen LogP contribution in [-0.2, 0) is 16.6 Å². The van der Waals surface area contributed by atoms with Gasteiger partial charge in [-0.15, -0.1) is 0 Å². The molecule has 1 N–H and O–H groups in total. The van der Waals surface area contributed by atoms with Crippen LogP contribution in [0.15, 0.2) is 27.6 Å². The molecule has 0 heterocycles. The molecular weight excluding hydrogens is 318 g/mol. The first-order valence-electron chi connectivity index (χ1n) is 5.86. The third-order valence-electron chi connectivity index (χ3n) is 2.62. The maximum absolute atomic E-state index is 12.5. The Bertz CT molecular complexity index is 502. The Labute approximate surface area is 117 Å². The summed E-state index contributed by atoms with van der Waals surface area (Å²) in [7, 11) is -3.50. The highest BCUT2D eigenvalue weighted by Gasteiger charge is 2.24. The molecule has 0 radical (unpaired) electrons. The fraction of sp³-hybridized carbons (Fsp3) is 0.500. The molecule has 0 amide bonds. The fourth-order valence-corrected chi connectivity index (χ4v) is 4.20. The summed E-state index contributed by atoms with van der Waals surface area (Å²) in [4.78, 5) is 0.212. The minimum Gasteiger partial charge on any atom is -0.392 e. The summed E-state index contributed by atoms with van der Waals surface area (Å²) < 4.78 is 26.9. The zero-order valence-corrected chi connectivity index (χ0v) is 13.0. The molecule has 0 aliphatic heterocycles. The van der Waals surface area contributed by atoms with Gasteiger partial charge in [0.05, 0.1) is 11.5 Å². The number of aliphatic hydroxyl groups is 1. The Morgan fingerprint density at radius 2 is 2.00 bits per heavy atom. The van der Waals surface area contributed by atoms with Crippen LogP contribution < -0.4 is 0 Å². The summed E-state index contributed by atoms with van der Waals surface area (Å²) in [5, 5.41) is 9.09. The smallest absolute Gasteiger partial charge is 0.244 e. The molecule has 0 bridgehead atoms. The van der Waals surface area contributed by atoms with Crippen molar-refractivity contribution < 1.29 is 13.5 Å². The lowest BCUT2D eigenvalue weighted by Gasteiger charge is -2.20. The molecule has 0 spiro atoms. The van der Waals surface area contributed by atoms with E-state index in [0.29, 0.717) is 23.1 Å². The first-order valence-corrected chi connectivity index (χ1v) is 8.10. The quantitative estimate of drug-likeness (QED) is 0.868. The van der Waals surface area contributed by atoms with E-state index in [0.717, 1.165) is 6.42 Å². The van der Waals surface area contributed by atoms with E-state index in [-0.39, 0.29) is 11.5 Å². The second-order valence-corrected chi connectivity index (χ2v) is 6.68. The van der Waals surface area contributed by atoms with E-state index in [1.165, 1.54) is 10.4 Å². The molecule has 0 aliphatic carbocycles. The summed E-state index contributed by atoms with van der Waals surface area (Å²) in [5.41, 5.74) is 0.587. The van der Waals surface area contributed by atoms with Gasteiger partial charge in [-0.2, -0.15) is 4.31 Å². The van der Waals surface area contributed by atoms with Crippen LogP contribution in [-0.4, -0.2) is 30.9 Å². The van der Waals surface area contributed by atoms with Gasteiger partial charge in [0, 0.05) is 17.6 Å². The third-order valence-corrected chi connectivity index (χ3v) is 5.59. The second-order valence-electron chi connectivity index (χ2n) is 3.92. The van der Waals surface area contributed by atoms with Crippen LogP contribution in [0.5, 0.6) is 0 Å². The van der Waals surface area contributed by atoms with E-state index in [4.69, 9.17) is 5.11 Å². The van der Waals surface area contributed by atoms with E-state index >= 15 is 0 Å². The van der Waals surface area contributed by atoms with Gasteiger partial charge >= 0.3 is 0 Å². The van der Waals surface area contributed by atoms with Crippen molar-refractivity contribution in [1.29, 1.82) is 0 Å². The summed E-state index contributed by atoms with van der Waals surface area (Å²) in [6.07, 6.45) is 0.768. The number of sulfonamides is 1. The molecule has 1 aromatic rings. The highest BCUT2D eigenvalue weighted by atomic mass is 79.9. The largest absolute Gasteiger partial charge is 0.392 e. The molecule has 0 saturated carbocycles. The summed E-state index contributed by atoms with van der Waals surface area (Å²) >= 11 is 3.26. The Morgan fingerprint density at radius 3 is 2.50 bits per heavy atom. The van der Waals surface area contributed by atoms with Crippen LogP contribution in [0, 0.1) is 0 Å². The molecule has 102 valence electrons. The molecular formula is C12H18BrNO3S. The first-order chi connectivity index (χ1) is 8.47. The maximum Gasteiger partial charge on any atom is 0.244 e. The van der Waals surface area contributed by atoms with E-state index in [9.17, 15) is 8.42 Å². The molecule has 0 saturated heterocycles. The number of hydrogen-bond donors (Lipinski definition) is 1. The zero-order chi connectivity index (χ0) is 13.8. The van der Waals surface area contributed by atoms with Crippen LogP contribution >= 0.6 is 15.9 Å². The molecule has 4 nitrogen and oxygen atoms in total. The standard InChI is InChI=1S/C12H18BrNO3S/c1-3-7-14(4-2)18(16,17)12-8-10(9-15)5-6-11(12)13/h5-6,8,15H,3-4,7,9H2,1-2H3. The molecule has 0 aliphatic rings. The average Bonchev–Trinajstić information content (AvgIpc) is 2.36. The number of rotatable bonds is 6. The molecule has 6 heteroatoms. The van der Waals surface area contributed by atoms with Crippen molar-refractivity contribution in [3.8, 4) is 0 Å². The van der Waals surface area contributed by atoms with Crippen LogP contribution in [0.1, 0.15) is 25.8 Å². The van der Waals surface area contributed by atoms with Gasteiger partial charge in [-0.3, -0.25) is 0 Å². The van der Waals surface area contributed by atoms with Crippen molar-refractivity contribution in [3.05, 3.63) is 28.2 Å². The molecule has 0 atom stereocenters. The third kappa shape index (κ3) is 3.32.